The second-order valence-electron chi connectivity index (χ2n) is 16.5. The van der Waals surface area contributed by atoms with Crippen LogP contribution < -0.4 is 9.80 Å². The third-order valence-electron chi connectivity index (χ3n) is 12.7. The molecule has 2 aromatic heterocycles. The van der Waals surface area contributed by atoms with E-state index in [0.717, 1.165) is 63.8 Å². The van der Waals surface area contributed by atoms with E-state index in [-0.39, 0.29) is 0 Å². The lowest BCUT2D eigenvalue weighted by atomic mass is 10.0. The molecule has 0 spiro atoms. The molecule has 0 radical (unpaired) electrons. The lowest BCUT2D eigenvalue weighted by Crippen LogP contribution is -2.10. The van der Waals surface area contributed by atoms with Crippen molar-refractivity contribution >= 4 is 72.9 Å². The molecular formula is C60H44N4. The second-order valence-corrected chi connectivity index (χ2v) is 16.5. The van der Waals surface area contributed by atoms with Crippen LogP contribution in [0.1, 0.15) is 17.7 Å². The first kappa shape index (κ1) is 37.4. The zero-order chi connectivity index (χ0) is 42.4. The van der Waals surface area contributed by atoms with Crippen LogP contribution >= 0.6 is 0 Å². The highest BCUT2D eigenvalue weighted by atomic mass is 15.2. The first-order valence-electron chi connectivity index (χ1n) is 22.2. The second kappa shape index (κ2) is 15.8. The molecule has 9 aromatic carbocycles. The Morgan fingerprint density at radius 2 is 0.750 bits per heavy atom. The van der Waals surface area contributed by atoms with Gasteiger partial charge in [-0.1, -0.05) is 140 Å². The minimum Gasteiger partial charge on any atom is -0.313 e. The van der Waals surface area contributed by atoms with Crippen LogP contribution in [0.25, 0.3) is 61.3 Å². The first-order chi connectivity index (χ1) is 31.8. The van der Waals surface area contributed by atoms with Gasteiger partial charge in [-0.25, -0.2) is 0 Å². The van der Waals surface area contributed by atoms with Gasteiger partial charge in [0.15, 0.2) is 0 Å². The number of hydrogen-bond acceptors (Lipinski definition) is 2. The fourth-order valence-corrected chi connectivity index (χ4v) is 9.83. The number of nitrogens with zero attached hydrogens (tertiary/aromatic N) is 4. The van der Waals surface area contributed by atoms with Gasteiger partial charge in [0.25, 0.3) is 0 Å². The highest BCUT2D eigenvalue weighted by Crippen LogP contribution is 2.43. The van der Waals surface area contributed by atoms with Gasteiger partial charge in [0.05, 0.1) is 16.6 Å². The molecule has 0 aliphatic heterocycles. The molecule has 0 N–H and O–H groups in total. The van der Waals surface area contributed by atoms with E-state index in [4.69, 9.17) is 0 Å². The predicted octanol–water partition coefficient (Wildman–Crippen LogP) is 16.3. The molecule has 4 nitrogen and oxygen atoms in total. The monoisotopic (exact) mass is 820 g/mol. The number of aromatic nitrogens is 2. The number of rotatable bonds is 9. The van der Waals surface area contributed by atoms with Crippen LogP contribution in [-0.2, 0) is 6.42 Å². The molecule has 12 rings (SSSR count). The molecule has 304 valence electrons. The number of benzene rings is 9. The lowest BCUT2D eigenvalue weighted by molar-refractivity contribution is 0.888. The van der Waals surface area contributed by atoms with E-state index in [1.54, 1.807) is 0 Å². The Balaban J connectivity index is 0.910. The molecule has 0 bridgehead atoms. The van der Waals surface area contributed by atoms with Crippen molar-refractivity contribution in [3.8, 4) is 22.5 Å². The van der Waals surface area contributed by atoms with Crippen LogP contribution in [0.2, 0.25) is 0 Å². The van der Waals surface area contributed by atoms with Crippen LogP contribution in [0.3, 0.4) is 0 Å². The van der Waals surface area contributed by atoms with Gasteiger partial charge in [0.2, 0.25) is 0 Å². The Bertz CT molecular complexity index is 3460. The highest BCUT2D eigenvalue weighted by molar-refractivity contribution is 6.10. The van der Waals surface area contributed by atoms with Gasteiger partial charge in [-0.05, 0) is 127 Å². The maximum atomic E-state index is 2.47. The minimum atomic E-state index is 1.02. The maximum absolute atomic E-state index is 2.47. The third-order valence-corrected chi connectivity index (χ3v) is 12.7. The smallest absolute Gasteiger partial charge is 0.0561 e. The summed E-state index contributed by atoms with van der Waals surface area (Å²) >= 11 is 0. The average molecular weight is 821 g/mol. The molecule has 1 aliphatic carbocycles. The molecule has 0 saturated heterocycles. The van der Waals surface area contributed by atoms with Crippen LogP contribution in [0.5, 0.6) is 0 Å². The van der Waals surface area contributed by atoms with E-state index in [1.807, 2.05) is 0 Å². The molecule has 0 fully saturated rings. The summed E-state index contributed by atoms with van der Waals surface area (Å²) in [4.78, 5) is 4.73. The molecule has 1 aliphatic rings. The Morgan fingerprint density at radius 1 is 0.328 bits per heavy atom. The van der Waals surface area contributed by atoms with Gasteiger partial charge in [-0.3, -0.25) is 0 Å². The zero-order valence-electron chi connectivity index (χ0n) is 35.3. The van der Waals surface area contributed by atoms with E-state index >= 15 is 0 Å². The van der Waals surface area contributed by atoms with E-state index in [2.05, 4.69) is 262 Å². The molecule has 0 unspecified atom stereocenters. The van der Waals surface area contributed by atoms with Crippen molar-refractivity contribution in [1.29, 1.82) is 0 Å². The molecule has 0 saturated carbocycles. The van der Waals surface area contributed by atoms with Crippen molar-refractivity contribution in [3.05, 3.63) is 248 Å². The minimum absolute atomic E-state index is 1.02. The highest BCUT2D eigenvalue weighted by Gasteiger charge is 2.22. The Labute approximate surface area is 373 Å². The van der Waals surface area contributed by atoms with E-state index < -0.39 is 0 Å². The summed E-state index contributed by atoms with van der Waals surface area (Å²) in [5.41, 5.74) is 17.6. The van der Waals surface area contributed by atoms with Crippen LogP contribution in [-0.4, -0.2) is 9.13 Å². The molecule has 4 heteroatoms. The van der Waals surface area contributed by atoms with Crippen LogP contribution in [0.15, 0.2) is 237 Å². The van der Waals surface area contributed by atoms with Gasteiger partial charge >= 0.3 is 0 Å². The Hall–Kier alpha value is -8.34. The normalized spacial score (nSPS) is 12.2. The number of para-hydroxylation sites is 5. The number of hydrogen-bond donors (Lipinski definition) is 0. The fourth-order valence-electron chi connectivity index (χ4n) is 9.83. The third kappa shape index (κ3) is 6.47. The van der Waals surface area contributed by atoms with Crippen LogP contribution in [0, 0.1) is 0 Å². The van der Waals surface area contributed by atoms with Crippen molar-refractivity contribution in [2.24, 2.45) is 0 Å². The van der Waals surface area contributed by atoms with Gasteiger partial charge in [0, 0.05) is 72.9 Å². The molecule has 0 atom stereocenters. The van der Waals surface area contributed by atoms with Crippen LogP contribution in [0.4, 0.5) is 34.1 Å². The topological polar surface area (TPSA) is 16.3 Å². The van der Waals surface area contributed by atoms with Crippen molar-refractivity contribution in [1.82, 2.24) is 9.13 Å². The lowest BCUT2D eigenvalue weighted by Gasteiger charge is -2.26. The Kier molecular flexibility index (Phi) is 9.27. The molecule has 64 heavy (non-hydrogen) atoms. The predicted molar refractivity (Wildman–Crippen MR) is 270 cm³/mol. The number of anilines is 6. The fraction of sp³-hybridized carbons (Fsp3) is 0.0333. The van der Waals surface area contributed by atoms with Gasteiger partial charge in [0.1, 0.15) is 0 Å². The van der Waals surface area contributed by atoms with E-state index in [1.165, 1.54) is 49.7 Å². The molecule has 0 amide bonds. The zero-order valence-corrected chi connectivity index (χ0v) is 35.3. The van der Waals surface area contributed by atoms with Crippen molar-refractivity contribution in [2.75, 3.05) is 9.80 Å². The summed E-state index contributed by atoms with van der Waals surface area (Å²) in [5, 5.41) is 3.77. The van der Waals surface area contributed by atoms with Crippen molar-refractivity contribution in [3.63, 3.8) is 0 Å². The molecule has 11 aromatic rings. The summed E-state index contributed by atoms with van der Waals surface area (Å²) < 4.78 is 4.85. The summed E-state index contributed by atoms with van der Waals surface area (Å²) in [6.45, 7) is 0. The van der Waals surface area contributed by atoms with Gasteiger partial charge < -0.3 is 18.9 Å². The number of fused-ring (bicyclic) bond motifs is 6. The SMILES string of the molecule is C1=Cc2c(n(-c3ccccc3)c3cc(N(c4ccccc4)c4ccc(-c5ccc(N(c6ccccc6)c6ccc7c8ccccc8n(-c8ccccc8)c7c6)cc5)cc4)ccc23)CC1. The summed E-state index contributed by atoms with van der Waals surface area (Å²) in [6, 6.07) is 83.3. The van der Waals surface area contributed by atoms with Crippen molar-refractivity contribution < 1.29 is 0 Å². The van der Waals surface area contributed by atoms with Gasteiger partial charge in [-0.15, -0.1) is 0 Å². The maximum Gasteiger partial charge on any atom is 0.0561 e. The largest absolute Gasteiger partial charge is 0.313 e. The number of allylic oxidation sites excluding steroid dienone is 1. The first-order valence-corrected chi connectivity index (χ1v) is 22.2. The summed E-state index contributed by atoms with van der Waals surface area (Å²) in [7, 11) is 0. The molecule has 2 heterocycles. The summed E-state index contributed by atoms with van der Waals surface area (Å²) in [5.74, 6) is 0. The van der Waals surface area contributed by atoms with E-state index in [0.29, 0.717) is 0 Å². The summed E-state index contributed by atoms with van der Waals surface area (Å²) in [6.07, 6.45) is 6.70. The quantitative estimate of drug-likeness (QED) is 0.144. The average Bonchev–Trinajstić information content (AvgIpc) is 3.88. The standard InChI is InChI=1S/C60H44N4/c1-5-17-45(18-6-1)61(51-37-39-55-53-25-13-15-27-57(53)63(59(55)41-51)47-21-9-3-10-22-47)49-33-29-43(30-34-49)44-31-35-50(36-32-44)62(46-19-7-2-8-20-46)52-38-40-56-54-26-14-16-28-58(54)64(60(56)42-52)48-23-11-4-12-24-48/h1-15,17-27,29-42H,16,28H2. The van der Waals surface area contributed by atoms with Crippen molar-refractivity contribution in [2.45, 2.75) is 12.8 Å². The molecular weight excluding hydrogens is 777 g/mol. The van der Waals surface area contributed by atoms with Gasteiger partial charge in [-0.2, -0.15) is 0 Å². The van der Waals surface area contributed by atoms with E-state index in [9.17, 15) is 0 Å². The Morgan fingerprint density at radius 3 is 1.31 bits per heavy atom.